The van der Waals surface area contributed by atoms with Crippen LogP contribution in [-0.4, -0.2) is 44.4 Å². The number of nitrogens with one attached hydrogen (secondary N) is 2. The minimum absolute atomic E-state index is 0.287. The highest BCUT2D eigenvalue weighted by Crippen LogP contribution is 2.28. The molecule has 1 aromatic heterocycles. The van der Waals surface area contributed by atoms with Crippen molar-refractivity contribution in [3.63, 3.8) is 0 Å². The van der Waals surface area contributed by atoms with Gasteiger partial charge >= 0.3 is 6.03 Å². The molecule has 1 aliphatic heterocycles. The Morgan fingerprint density at radius 1 is 1.07 bits per heavy atom. The van der Waals surface area contributed by atoms with Gasteiger partial charge in [0.15, 0.2) is 5.13 Å². The van der Waals surface area contributed by atoms with Crippen molar-refractivity contribution in [1.82, 2.24) is 4.98 Å². The summed E-state index contributed by atoms with van der Waals surface area (Å²) in [6, 6.07) is 15.0. The molecule has 7 nitrogen and oxygen atoms in total. The van der Waals surface area contributed by atoms with Gasteiger partial charge in [0.25, 0.3) is 0 Å². The molecule has 2 heterocycles. The lowest BCUT2D eigenvalue weighted by Gasteiger charge is -2.26. The summed E-state index contributed by atoms with van der Waals surface area (Å²) in [6.45, 7) is 3.79. The zero-order chi connectivity index (χ0) is 20.8. The van der Waals surface area contributed by atoms with Gasteiger partial charge in [0, 0.05) is 42.5 Å². The zero-order valence-electron chi connectivity index (χ0n) is 16.8. The van der Waals surface area contributed by atoms with E-state index in [4.69, 9.17) is 14.5 Å². The SMILES string of the molecule is COCc1ccc(NC(=O)Nc2ccc(-c3csc(N4CCOCC4)n3)cc2)cc1. The molecular formula is C22H24N4O3S. The van der Waals surface area contributed by atoms with Crippen LogP contribution in [0.2, 0.25) is 0 Å². The second kappa shape index (κ2) is 9.71. The van der Waals surface area contributed by atoms with Gasteiger partial charge in [-0.1, -0.05) is 24.3 Å². The number of morpholine rings is 1. The van der Waals surface area contributed by atoms with Crippen LogP contribution in [0.3, 0.4) is 0 Å². The van der Waals surface area contributed by atoms with Crippen molar-refractivity contribution in [3.8, 4) is 11.3 Å². The fraction of sp³-hybridized carbons (Fsp3) is 0.273. The summed E-state index contributed by atoms with van der Waals surface area (Å²) in [5, 5.41) is 8.76. The van der Waals surface area contributed by atoms with Crippen molar-refractivity contribution in [2.24, 2.45) is 0 Å². The minimum atomic E-state index is -0.287. The number of rotatable bonds is 6. The number of aromatic nitrogens is 1. The molecule has 0 radical (unpaired) electrons. The molecule has 0 unspecified atom stereocenters. The molecule has 2 amide bonds. The van der Waals surface area contributed by atoms with E-state index in [0.717, 1.165) is 59.6 Å². The second-order valence-electron chi connectivity index (χ2n) is 6.90. The van der Waals surface area contributed by atoms with Crippen LogP contribution in [-0.2, 0) is 16.1 Å². The lowest BCUT2D eigenvalue weighted by atomic mass is 10.1. The number of anilines is 3. The Bertz CT molecular complexity index is 967. The molecule has 1 aliphatic rings. The van der Waals surface area contributed by atoms with Gasteiger partial charge in [0.05, 0.1) is 25.5 Å². The first-order valence-corrected chi connectivity index (χ1v) is 10.6. The third kappa shape index (κ3) is 5.15. The normalized spacial score (nSPS) is 13.8. The third-order valence-corrected chi connectivity index (χ3v) is 5.64. The van der Waals surface area contributed by atoms with Crippen molar-refractivity contribution in [3.05, 3.63) is 59.5 Å². The average Bonchev–Trinajstić information content (AvgIpc) is 3.27. The number of benzene rings is 2. The van der Waals surface area contributed by atoms with Crippen LogP contribution in [0.5, 0.6) is 0 Å². The van der Waals surface area contributed by atoms with Crippen molar-refractivity contribution < 1.29 is 14.3 Å². The van der Waals surface area contributed by atoms with E-state index in [9.17, 15) is 4.79 Å². The molecule has 0 aliphatic carbocycles. The maximum Gasteiger partial charge on any atom is 0.323 e. The number of amides is 2. The quantitative estimate of drug-likeness (QED) is 0.612. The number of urea groups is 1. The Morgan fingerprint density at radius 3 is 2.33 bits per heavy atom. The van der Waals surface area contributed by atoms with E-state index in [-0.39, 0.29) is 6.03 Å². The number of hydrogen-bond acceptors (Lipinski definition) is 6. The van der Waals surface area contributed by atoms with Gasteiger partial charge < -0.3 is 25.0 Å². The van der Waals surface area contributed by atoms with Gasteiger partial charge in [-0.15, -0.1) is 11.3 Å². The van der Waals surface area contributed by atoms with Gasteiger partial charge in [0.2, 0.25) is 0 Å². The Balaban J connectivity index is 1.34. The molecule has 8 heteroatoms. The van der Waals surface area contributed by atoms with E-state index in [2.05, 4.69) is 20.9 Å². The Hall–Kier alpha value is -2.94. The zero-order valence-corrected chi connectivity index (χ0v) is 17.6. The van der Waals surface area contributed by atoms with Crippen LogP contribution in [0.4, 0.5) is 21.3 Å². The summed E-state index contributed by atoms with van der Waals surface area (Å²) in [4.78, 5) is 19.3. The Kier molecular flexibility index (Phi) is 6.58. The first kappa shape index (κ1) is 20.3. The molecule has 3 aromatic rings. The van der Waals surface area contributed by atoms with Crippen LogP contribution in [0.25, 0.3) is 11.3 Å². The molecule has 156 valence electrons. The summed E-state index contributed by atoms with van der Waals surface area (Å²) >= 11 is 1.64. The second-order valence-corrected chi connectivity index (χ2v) is 7.74. The number of carbonyl (C=O) groups excluding carboxylic acids is 1. The number of ether oxygens (including phenoxy) is 2. The average molecular weight is 425 g/mol. The first-order valence-electron chi connectivity index (χ1n) is 9.76. The van der Waals surface area contributed by atoms with Crippen molar-refractivity contribution in [1.29, 1.82) is 0 Å². The van der Waals surface area contributed by atoms with Crippen LogP contribution < -0.4 is 15.5 Å². The number of methoxy groups -OCH3 is 1. The molecule has 0 saturated carbocycles. The summed E-state index contributed by atoms with van der Waals surface area (Å²) in [7, 11) is 1.66. The molecule has 1 fully saturated rings. The maximum absolute atomic E-state index is 12.3. The highest BCUT2D eigenvalue weighted by Gasteiger charge is 2.15. The fourth-order valence-corrected chi connectivity index (χ4v) is 4.05. The largest absolute Gasteiger partial charge is 0.380 e. The summed E-state index contributed by atoms with van der Waals surface area (Å²) in [5.74, 6) is 0. The fourth-order valence-electron chi connectivity index (χ4n) is 3.17. The highest BCUT2D eigenvalue weighted by molar-refractivity contribution is 7.14. The number of carbonyl (C=O) groups is 1. The van der Waals surface area contributed by atoms with Crippen molar-refractivity contribution in [2.45, 2.75) is 6.61 Å². The Labute approximate surface area is 179 Å². The first-order chi connectivity index (χ1) is 14.7. The molecule has 1 saturated heterocycles. The monoisotopic (exact) mass is 424 g/mol. The van der Waals surface area contributed by atoms with E-state index >= 15 is 0 Å². The summed E-state index contributed by atoms with van der Waals surface area (Å²) in [6.07, 6.45) is 0. The van der Waals surface area contributed by atoms with E-state index in [1.54, 1.807) is 18.4 Å². The van der Waals surface area contributed by atoms with Gasteiger partial charge in [-0.2, -0.15) is 0 Å². The van der Waals surface area contributed by atoms with E-state index in [1.807, 2.05) is 48.5 Å². The summed E-state index contributed by atoms with van der Waals surface area (Å²) < 4.78 is 10.5. The molecule has 2 aromatic carbocycles. The van der Waals surface area contributed by atoms with Crippen LogP contribution in [0.15, 0.2) is 53.9 Å². The van der Waals surface area contributed by atoms with Crippen LogP contribution in [0.1, 0.15) is 5.56 Å². The lowest BCUT2D eigenvalue weighted by molar-refractivity contribution is 0.122. The smallest absolute Gasteiger partial charge is 0.323 e. The molecule has 4 rings (SSSR count). The van der Waals surface area contributed by atoms with E-state index < -0.39 is 0 Å². The molecule has 0 bridgehead atoms. The molecule has 30 heavy (non-hydrogen) atoms. The number of hydrogen-bond donors (Lipinski definition) is 2. The molecular weight excluding hydrogens is 400 g/mol. The molecule has 0 spiro atoms. The lowest BCUT2D eigenvalue weighted by Crippen LogP contribution is -2.36. The van der Waals surface area contributed by atoms with Gasteiger partial charge in [0.1, 0.15) is 0 Å². The van der Waals surface area contributed by atoms with E-state index in [0.29, 0.717) is 6.61 Å². The van der Waals surface area contributed by atoms with Crippen LogP contribution in [0, 0.1) is 0 Å². The van der Waals surface area contributed by atoms with Gasteiger partial charge in [-0.05, 0) is 29.8 Å². The third-order valence-electron chi connectivity index (χ3n) is 4.74. The van der Waals surface area contributed by atoms with E-state index in [1.165, 1.54) is 0 Å². The van der Waals surface area contributed by atoms with Crippen LogP contribution >= 0.6 is 11.3 Å². The van der Waals surface area contributed by atoms with Gasteiger partial charge in [-0.25, -0.2) is 9.78 Å². The topological polar surface area (TPSA) is 75.7 Å². The molecule has 0 atom stereocenters. The predicted molar refractivity (Wildman–Crippen MR) is 120 cm³/mol. The predicted octanol–water partition coefficient (Wildman–Crippen LogP) is 4.44. The van der Waals surface area contributed by atoms with Crippen molar-refractivity contribution >= 4 is 33.9 Å². The van der Waals surface area contributed by atoms with Gasteiger partial charge in [-0.3, -0.25) is 0 Å². The maximum atomic E-state index is 12.3. The minimum Gasteiger partial charge on any atom is -0.380 e. The number of thiazole rings is 1. The molecule has 2 N–H and O–H groups in total. The standard InChI is InChI=1S/C22H24N4O3S/c1-28-14-16-2-6-18(7-3-16)23-21(27)24-19-8-4-17(5-9-19)20-15-30-22(25-20)26-10-12-29-13-11-26/h2-9,15H,10-14H2,1H3,(H2,23,24,27). The Morgan fingerprint density at radius 2 is 1.70 bits per heavy atom. The van der Waals surface area contributed by atoms with Crippen molar-refractivity contribution in [2.75, 3.05) is 48.9 Å². The summed E-state index contributed by atoms with van der Waals surface area (Å²) in [5.41, 5.74) is 4.45. The highest BCUT2D eigenvalue weighted by atomic mass is 32.1. The number of nitrogens with zero attached hydrogens (tertiary/aromatic N) is 2.